The van der Waals surface area contributed by atoms with Gasteiger partial charge in [0, 0.05) is 22.7 Å². The number of aromatic nitrogens is 2. The van der Waals surface area contributed by atoms with Gasteiger partial charge in [-0.1, -0.05) is 48.0 Å². The maximum atomic E-state index is 12.8. The SMILES string of the molecule is O=c1[nH]c2cc([N+](=O)[O-])ccc2nc1/C(=N\Nc1ccccc1)C(O)c1ccccc1Cl. The number of non-ortho nitro benzene ring substituents is 1. The molecular formula is C22H16ClN5O4. The molecule has 10 heteroatoms. The molecule has 3 N–H and O–H groups in total. The molecule has 3 aromatic carbocycles. The van der Waals surface area contributed by atoms with Crippen LogP contribution in [-0.4, -0.2) is 25.7 Å². The van der Waals surface area contributed by atoms with Gasteiger partial charge in [0.1, 0.15) is 11.8 Å². The van der Waals surface area contributed by atoms with Crippen molar-refractivity contribution in [2.45, 2.75) is 6.10 Å². The number of aliphatic hydroxyl groups excluding tert-OH is 1. The van der Waals surface area contributed by atoms with Gasteiger partial charge >= 0.3 is 0 Å². The van der Waals surface area contributed by atoms with Crippen molar-refractivity contribution in [3.8, 4) is 0 Å². The molecule has 0 aliphatic rings. The molecule has 0 fully saturated rings. The molecule has 4 rings (SSSR count). The lowest BCUT2D eigenvalue weighted by Crippen LogP contribution is -2.26. The molecule has 0 saturated heterocycles. The molecule has 1 atom stereocenters. The summed E-state index contributed by atoms with van der Waals surface area (Å²) in [6, 6.07) is 19.5. The highest BCUT2D eigenvalue weighted by Crippen LogP contribution is 2.26. The standard InChI is InChI=1S/C22H16ClN5O4/c23-16-9-5-4-8-15(16)21(29)19(27-26-13-6-2-1-3-7-13)20-22(30)25-18-12-14(28(31)32)10-11-17(18)24-20/h1-12,21,26,29H,(H,25,30)/b27-19+. The van der Waals surface area contributed by atoms with Crippen LogP contribution < -0.4 is 11.0 Å². The number of para-hydroxylation sites is 1. The third-order valence-electron chi connectivity index (χ3n) is 4.67. The Kier molecular flexibility index (Phi) is 5.93. The number of hydrogen-bond donors (Lipinski definition) is 3. The molecule has 160 valence electrons. The normalized spacial score (nSPS) is 12.5. The number of hydrazone groups is 1. The van der Waals surface area contributed by atoms with Crippen molar-refractivity contribution in [3.63, 3.8) is 0 Å². The number of nitrogens with zero attached hydrogens (tertiary/aromatic N) is 3. The third kappa shape index (κ3) is 4.34. The zero-order valence-corrected chi connectivity index (χ0v) is 17.2. The van der Waals surface area contributed by atoms with Crippen molar-refractivity contribution in [3.05, 3.63) is 110 Å². The molecule has 0 bridgehead atoms. The van der Waals surface area contributed by atoms with Crippen LogP contribution in [0.3, 0.4) is 0 Å². The van der Waals surface area contributed by atoms with Crippen LogP contribution >= 0.6 is 11.6 Å². The van der Waals surface area contributed by atoms with Crippen LogP contribution in [0.4, 0.5) is 11.4 Å². The average molecular weight is 450 g/mol. The lowest BCUT2D eigenvalue weighted by molar-refractivity contribution is -0.384. The van der Waals surface area contributed by atoms with Crippen molar-refractivity contribution < 1.29 is 10.0 Å². The number of halogens is 1. The number of rotatable bonds is 6. The first-order chi connectivity index (χ1) is 15.4. The van der Waals surface area contributed by atoms with Gasteiger partial charge in [-0.25, -0.2) is 4.98 Å². The monoisotopic (exact) mass is 449 g/mol. The fraction of sp³-hybridized carbons (Fsp3) is 0.0455. The number of benzene rings is 3. The third-order valence-corrected chi connectivity index (χ3v) is 5.01. The van der Waals surface area contributed by atoms with E-state index in [-0.39, 0.29) is 22.6 Å². The Balaban J connectivity index is 1.85. The maximum Gasteiger partial charge on any atom is 0.276 e. The highest BCUT2D eigenvalue weighted by atomic mass is 35.5. The summed E-state index contributed by atoms with van der Waals surface area (Å²) >= 11 is 6.24. The van der Waals surface area contributed by atoms with Gasteiger partial charge in [0.05, 0.1) is 21.6 Å². The Morgan fingerprint density at radius 1 is 1.12 bits per heavy atom. The first-order valence-electron chi connectivity index (χ1n) is 9.44. The van der Waals surface area contributed by atoms with Crippen LogP contribution in [0, 0.1) is 10.1 Å². The number of nitro benzene ring substituents is 1. The van der Waals surface area contributed by atoms with E-state index < -0.39 is 16.6 Å². The molecule has 9 nitrogen and oxygen atoms in total. The highest BCUT2D eigenvalue weighted by Gasteiger charge is 2.24. The fourth-order valence-electron chi connectivity index (χ4n) is 3.09. The number of nitro groups is 1. The van der Waals surface area contributed by atoms with E-state index in [0.717, 1.165) is 0 Å². The summed E-state index contributed by atoms with van der Waals surface area (Å²) in [5.74, 6) is 0. The van der Waals surface area contributed by atoms with Crippen LogP contribution in [0.2, 0.25) is 5.02 Å². The zero-order chi connectivity index (χ0) is 22.7. The molecule has 0 saturated carbocycles. The number of fused-ring (bicyclic) bond motifs is 1. The van der Waals surface area contributed by atoms with E-state index in [1.165, 1.54) is 18.2 Å². The lowest BCUT2D eigenvalue weighted by atomic mass is 10.0. The van der Waals surface area contributed by atoms with Crippen LogP contribution in [0.1, 0.15) is 17.4 Å². The van der Waals surface area contributed by atoms with Crippen molar-refractivity contribution >= 4 is 39.7 Å². The van der Waals surface area contributed by atoms with Gasteiger partial charge in [-0.15, -0.1) is 0 Å². The summed E-state index contributed by atoms with van der Waals surface area (Å²) in [5.41, 5.74) is 3.20. The second-order valence-corrected chi connectivity index (χ2v) is 7.18. The lowest BCUT2D eigenvalue weighted by Gasteiger charge is -2.15. The van der Waals surface area contributed by atoms with E-state index in [9.17, 15) is 20.0 Å². The Morgan fingerprint density at radius 2 is 1.84 bits per heavy atom. The number of hydrogen-bond acceptors (Lipinski definition) is 7. The van der Waals surface area contributed by atoms with E-state index in [1.807, 2.05) is 6.07 Å². The zero-order valence-electron chi connectivity index (χ0n) is 16.4. The Hall–Kier alpha value is -4.08. The van der Waals surface area contributed by atoms with E-state index in [0.29, 0.717) is 21.8 Å². The molecule has 32 heavy (non-hydrogen) atoms. The van der Waals surface area contributed by atoms with E-state index in [1.54, 1.807) is 48.5 Å². The number of aliphatic hydroxyl groups is 1. The second-order valence-electron chi connectivity index (χ2n) is 6.77. The fourth-order valence-corrected chi connectivity index (χ4v) is 3.33. The quantitative estimate of drug-likeness (QED) is 0.231. The minimum Gasteiger partial charge on any atom is -0.382 e. The van der Waals surface area contributed by atoms with Crippen LogP contribution in [0.25, 0.3) is 11.0 Å². The van der Waals surface area contributed by atoms with Crippen molar-refractivity contribution in [2.24, 2.45) is 5.10 Å². The van der Waals surface area contributed by atoms with Gasteiger partial charge in [0.25, 0.3) is 11.2 Å². The molecular weight excluding hydrogens is 434 g/mol. The van der Waals surface area contributed by atoms with Crippen LogP contribution in [-0.2, 0) is 0 Å². The van der Waals surface area contributed by atoms with Crippen molar-refractivity contribution in [2.75, 3.05) is 5.43 Å². The highest BCUT2D eigenvalue weighted by molar-refractivity contribution is 6.31. The predicted octanol–water partition coefficient (Wildman–Crippen LogP) is 4.03. The summed E-state index contributed by atoms with van der Waals surface area (Å²) < 4.78 is 0. The summed E-state index contributed by atoms with van der Waals surface area (Å²) in [6.07, 6.45) is -1.37. The molecule has 1 unspecified atom stereocenters. The van der Waals surface area contributed by atoms with E-state index in [4.69, 9.17) is 11.6 Å². The van der Waals surface area contributed by atoms with Gasteiger partial charge in [-0.05, 0) is 24.3 Å². The second kappa shape index (κ2) is 8.96. The first kappa shape index (κ1) is 21.2. The van der Waals surface area contributed by atoms with Gasteiger partial charge in [-0.2, -0.15) is 5.10 Å². The summed E-state index contributed by atoms with van der Waals surface area (Å²) in [4.78, 5) is 30.2. The van der Waals surface area contributed by atoms with Crippen LogP contribution in [0.5, 0.6) is 0 Å². The van der Waals surface area contributed by atoms with E-state index >= 15 is 0 Å². The number of aromatic amines is 1. The molecule has 1 aromatic heterocycles. The number of nitrogens with one attached hydrogen (secondary N) is 2. The van der Waals surface area contributed by atoms with E-state index in [2.05, 4.69) is 20.5 Å². The summed E-state index contributed by atoms with van der Waals surface area (Å²) in [7, 11) is 0. The van der Waals surface area contributed by atoms with Crippen molar-refractivity contribution in [1.29, 1.82) is 0 Å². The maximum absolute atomic E-state index is 12.8. The predicted molar refractivity (Wildman–Crippen MR) is 122 cm³/mol. The minimum atomic E-state index is -1.37. The summed E-state index contributed by atoms with van der Waals surface area (Å²) in [5, 5.41) is 26.6. The molecule has 0 aliphatic heterocycles. The van der Waals surface area contributed by atoms with Gasteiger partial charge < -0.3 is 10.1 Å². The minimum absolute atomic E-state index is 0.0662. The molecule has 4 aromatic rings. The number of H-pyrrole nitrogens is 1. The van der Waals surface area contributed by atoms with Gasteiger partial charge in [0.2, 0.25) is 0 Å². The molecule has 1 heterocycles. The first-order valence-corrected chi connectivity index (χ1v) is 9.82. The topological polar surface area (TPSA) is 134 Å². The Morgan fingerprint density at radius 3 is 2.56 bits per heavy atom. The molecule has 0 spiro atoms. The number of anilines is 1. The van der Waals surface area contributed by atoms with Crippen molar-refractivity contribution in [1.82, 2.24) is 9.97 Å². The molecule has 0 radical (unpaired) electrons. The molecule has 0 aliphatic carbocycles. The Labute approximate surface area is 186 Å². The summed E-state index contributed by atoms with van der Waals surface area (Å²) in [6.45, 7) is 0. The van der Waals surface area contributed by atoms with Gasteiger partial charge in [0.15, 0.2) is 5.69 Å². The van der Waals surface area contributed by atoms with Crippen LogP contribution in [0.15, 0.2) is 82.7 Å². The largest absolute Gasteiger partial charge is 0.382 e. The molecule has 0 amide bonds. The van der Waals surface area contributed by atoms with Gasteiger partial charge in [-0.3, -0.25) is 20.3 Å². The Bertz CT molecular complexity index is 1390. The smallest absolute Gasteiger partial charge is 0.276 e. The average Bonchev–Trinajstić information content (AvgIpc) is 2.79.